The van der Waals surface area contributed by atoms with E-state index >= 15 is 0 Å². The lowest BCUT2D eigenvalue weighted by molar-refractivity contribution is -0.164. The maximum Gasteiger partial charge on any atom is 0.345 e. The molecular weight excluding hydrogens is 232 g/mol. The van der Waals surface area contributed by atoms with E-state index in [4.69, 9.17) is 9.84 Å². The summed E-state index contributed by atoms with van der Waals surface area (Å²) in [7, 11) is 0. The van der Waals surface area contributed by atoms with Gasteiger partial charge in [0.2, 0.25) is 0 Å². The average molecular weight is 258 g/mol. The van der Waals surface area contributed by atoms with Crippen LogP contribution < -0.4 is 0 Å². The van der Waals surface area contributed by atoms with E-state index in [1.165, 1.54) is 0 Å². The zero-order valence-electron chi connectivity index (χ0n) is 11.6. The van der Waals surface area contributed by atoms with Crippen molar-refractivity contribution in [1.82, 2.24) is 0 Å². The van der Waals surface area contributed by atoms with Crippen LogP contribution in [0.25, 0.3) is 0 Å². The normalized spacial score (nSPS) is 12.1. The van der Waals surface area contributed by atoms with E-state index in [0.29, 0.717) is 12.8 Å². The van der Waals surface area contributed by atoms with Crippen LogP contribution in [0.15, 0.2) is 0 Å². The third kappa shape index (κ3) is 9.02. The number of carbonyl (C=O) groups is 2. The first-order chi connectivity index (χ1) is 8.61. The molecule has 0 aromatic carbocycles. The van der Waals surface area contributed by atoms with Gasteiger partial charge in [-0.2, -0.15) is 0 Å². The van der Waals surface area contributed by atoms with Gasteiger partial charge in [-0.25, -0.2) is 4.79 Å². The van der Waals surface area contributed by atoms with Crippen LogP contribution >= 0.6 is 0 Å². The standard InChI is InChI=1S/C14H26O4/c1-3-5-7-9-11-13(15)18-12(14(16)17)10-8-6-4-2/h12H,3-11H2,1-2H3,(H,16,17). The van der Waals surface area contributed by atoms with Gasteiger partial charge in [-0.15, -0.1) is 0 Å². The zero-order chi connectivity index (χ0) is 13.8. The Balaban J connectivity index is 3.85. The van der Waals surface area contributed by atoms with Crippen molar-refractivity contribution < 1.29 is 19.4 Å². The second-order valence-corrected chi connectivity index (χ2v) is 4.62. The molecular formula is C14H26O4. The van der Waals surface area contributed by atoms with Crippen molar-refractivity contribution in [3.8, 4) is 0 Å². The summed E-state index contributed by atoms with van der Waals surface area (Å²) in [6, 6.07) is 0. The number of carboxylic acid groups (broad SMARTS) is 1. The molecule has 0 saturated carbocycles. The molecule has 0 heterocycles. The summed E-state index contributed by atoms with van der Waals surface area (Å²) in [5, 5.41) is 8.95. The first kappa shape index (κ1) is 16.9. The number of aliphatic carboxylic acids is 1. The molecule has 0 bridgehead atoms. The minimum atomic E-state index is -1.03. The Morgan fingerprint density at radius 1 is 1.00 bits per heavy atom. The minimum Gasteiger partial charge on any atom is -0.479 e. The van der Waals surface area contributed by atoms with Gasteiger partial charge in [0.25, 0.3) is 0 Å². The summed E-state index contributed by atoms with van der Waals surface area (Å²) in [5.41, 5.74) is 0. The maximum atomic E-state index is 11.5. The fourth-order valence-electron chi connectivity index (χ4n) is 1.73. The molecule has 18 heavy (non-hydrogen) atoms. The number of rotatable bonds is 11. The lowest BCUT2D eigenvalue weighted by Crippen LogP contribution is -2.26. The number of hydrogen-bond donors (Lipinski definition) is 1. The Morgan fingerprint density at radius 3 is 2.17 bits per heavy atom. The van der Waals surface area contributed by atoms with Crippen LogP contribution in [-0.4, -0.2) is 23.1 Å². The summed E-state index contributed by atoms with van der Waals surface area (Å²) in [6.07, 6.45) is 6.58. The first-order valence-electron chi connectivity index (χ1n) is 7.04. The van der Waals surface area contributed by atoms with Gasteiger partial charge in [-0.05, 0) is 19.3 Å². The molecule has 0 spiro atoms. The topological polar surface area (TPSA) is 63.6 Å². The Labute approximate surface area is 110 Å². The van der Waals surface area contributed by atoms with Crippen LogP contribution in [0, 0.1) is 0 Å². The van der Waals surface area contributed by atoms with Gasteiger partial charge in [0, 0.05) is 6.42 Å². The number of carboxylic acids is 1. The van der Waals surface area contributed by atoms with Gasteiger partial charge in [0.15, 0.2) is 6.10 Å². The fourth-order valence-corrected chi connectivity index (χ4v) is 1.73. The van der Waals surface area contributed by atoms with Crippen LogP contribution in [0.4, 0.5) is 0 Å². The summed E-state index contributed by atoms with van der Waals surface area (Å²) >= 11 is 0. The smallest absolute Gasteiger partial charge is 0.345 e. The van der Waals surface area contributed by atoms with Crippen LogP contribution in [0.1, 0.15) is 71.6 Å². The molecule has 0 radical (unpaired) electrons. The SMILES string of the molecule is CCCCCCC(=O)OC(CCCCC)C(=O)O. The lowest BCUT2D eigenvalue weighted by Gasteiger charge is -2.13. The highest BCUT2D eigenvalue weighted by molar-refractivity contribution is 5.77. The van der Waals surface area contributed by atoms with Gasteiger partial charge in [-0.3, -0.25) is 4.79 Å². The van der Waals surface area contributed by atoms with Crippen molar-refractivity contribution in [2.45, 2.75) is 77.7 Å². The quantitative estimate of drug-likeness (QED) is 0.455. The Hall–Kier alpha value is -1.06. The van der Waals surface area contributed by atoms with E-state index in [9.17, 15) is 9.59 Å². The molecule has 0 fully saturated rings. The molecule has 4 heteroatoms. The highest BCUT2D eigenvalue weighted by atomic mass is 16.6. The van der Waals surface area contributed by atoms with Gasteiger partial charge < -0.3 is 9.84 Å². The lowest BCUT2D eigenvalue weighted by atomic mass is 10.1. The molecule has 0 aliphatic rings. The molecule has 1 atom stereocenters. The number of hydrogen-bond acceptors (Lipinski definition) is 3. The van der Waals surface area contributed by atoms with Crippen molar-refractivity contribution in [1.29, 1.82) is 0 Å². The van der Waals surface area contributed by atoms with Crippen molar-refractivity contribution >= 4 is 11.9 Å². The van der Waals surface area contributed by atoms with Crippen molar-refractivity contribution in [3.63, 3.8) is 0 Å². The van der Waals surface area contributed by atoms with Crippen molar-refractivity contribution in [2.24, 2.45) is 0 Å². The number of ether oxygens (including phenoxy) is 1. The highest BCUT2D eigenvalue weighted by Crippen LogP contribution is 2.10. The Kier molecular flexibility index (Phi) is 10.4. The monoisotopic (exact) mass is 258 g/mol. The summed E-state index contributed by atoms with van der Waals surface area (Å²) in [4.78, 5) is 22.4. The summed E-state index contributed by atoms with van der Waals surface area (Å²) < 4.78 is 5.00. The van der Waals surface area contributed by atoms with Gasteiger partial charge >= 0.3 is 11.9 Å². The van der Waals surface area contributed by atoms with Gasteiger partial charge in [-0.1, -0.05) is 46.0 Å². The van der Waals surface area contributed by atoms with E-state index in [2.05, 4.69) is 13.8 Å². The summed E-state index contributed by atoms with van der Waals surface area (Å²) in [5.74, 6) is -1.41. The number of carbonyl (C=O) groups excluding carboxylic acids is 1. The molecule has 1 unspecified atom stereocenters. The largest absolute Gasteiger partial charge is 0.479 e. The van der Waals surface area contributed by atoms with E-state index in [0.717, 1.165) is 44.9 Å². The average Bonchev–Trinajstić information content (AvgIpc) is 2.33. The second kappa shape index (κ2) is 11.1. The predicted octanol–water partition coefficient (Wildman–Crippen LogP) is 3.53. The van der Waals surface area contributed by atoms with Crippen LogP contribution in [0.2, 0.25) is 0 Å². The number of esters is 1. The Bertz CT molecular complexity index is 238. The molecule has 0 amide bonds. The number of unbranched alkanes of at least 4 members (excludes halogenated alkanes) is 5. The zero-order valence-corrected chi connectivity index (χ0v) is 11.6. The van der Waals surface area contributed by atoms with Gasteiger partial charge in [0.1, 0.15) is 0 Å². The van der Waals surface area contributed by atoms with E-state index < -0.39 is 12.1 Å². The van der Waals surface area contributed by atoms with Crippen molar-refractivity contribution in [3.05, 3.63) is 0 Å². The molecule has 0 rings (SSSR count). The molecule has 0 aromatic heterocycles. The van der Waals surface area contributed by atoms with Crippen LogP contribution in [-0.2, 0) is 14.3 Å². The minimum absolute atomic E-state index is 0.331. The molecule has 106 valence electrons. The fraction of sp³-hybridized carbons (Fsp3) is 0.857. The molecule has 0 aromatic rings. The third-order valence-corrected chi connectivity index (χ3v) is 2.85. The molecule has 1 N–H and O–H groups in total. The van der Waals surface area contributed by atoms with Gasteiger partial charge in [0.05, 0.1) is 0 Å². The van der Waals surface area contributed by atoms with E-state index in [1.807, 2.05) is 0 Å². The predicted molar refractivity (Wildman–Crippen MR) is 70.4 cm³/mol. The Morgan fingerprint density at radius 2 is 1.61 bits per heavy atom. The molecule has 4 nitrogen and oxygen atoms in total. The molecule has 0 aliphatic carbocycles. The maximum absolute atomic E-state index is 11.5. The second-order valence-electron chi connectivity index (χ2n) is 4.62. The third-order valence-electron chi connectivity index (χ3n) is 2.85. The van der Waals surface area contributed by atoms with E-state index in [1.54, 1.807) is 0 Å². The van der Waals surface area contributed by atoms with Crippen molar-refractivity contribution in [2.75, 3.05) is 0 Å². The van der Waals surface area contributed by atoms with E-state index in [-0.39, 0.29) is 5.97 Å². The molecule has 0 saturated heterocycles. The first-order valence-corrected chi connectivity index (χ1v) is 7.04. The highest BCUT2D eigenvalue weighted by Gasteiger charge is 2.21. The van der Waals surface area contributed by atoms with Crippen LogP contribution in [0.5, 0.6) is 0 Å². The summed E-state index contributed by atoms with van der Waals surface area (Å²) in [6.45, 7) is 4.15. The van der Waals surface area contributed by atoms with Crippen LogP contribution in [0.3, 0.4) is 0 Å². The molecule has 0 aliphatic heterocycles.